The summed E-state index contributed by atoms with van der Waals surface area (Å²) in [6.45, 7) is 12.7. The van der Waals surface area contributed by atoms with Gasteiger partial charge in [0.15, 0.2) is 5.78 Å². The Morgan fingerprint density at radius 2 is 0.657 bits per heavy atom. The molecule has 0 aromatic heterocycles. The molecule has 35 heavy (non-hydrogen) atoms. The zero-order valence-electron chi connectivity index (χ0n) is 21.9. The first-order chi connectivity index (χ1) is 16.5. The molecule has 0 unspecified atom stereocenters. The van der Waals surface area contributed by atoms with Gasteiger partial charge >= 0.3 is 0 Å². The molecule has 0 radical (unpaired) electrons. The van der Waals surface area contributed by atoms with Gasteiger partial charge in [-0.15, -0.1) is 0 Å². The van der Waals surface area contributed by atoms with Crippen molar-refractivity contribution >= 4 is 5.78 Å². The predicted octanol–water partition coefficient (Wildman–Crippen LogP) is 10.4. The summed E-state index contributed by atoms with van der Waals surface area (Å²) in [4.78, 5) is 11.8. The fourth-order valence-corrected chi connectivity index (χ4v) is 2.41. The normalized spacial score (nSPS) is 8.40. The molecule has 0 atom stereocenters. The SMILES string of the molecule is C.CCC.CCC.Cc1ccccc1.Cc1ccccc1.O=C(c1ccccc1)c1ccccc1. The van der Waals surface area contributed by atoms with Crippen LogP contribution in [0.1, 0.15) is 75.0 Å². The highest BCUT2D eigenvalue weighted by atomic mass is 16.1. The molecule has 0 aliphatic rings. The van der Waals surface area contributed by atoms with E-state index < -0.39 is 0 Å². The number of carbonyl (C=O) groups excluding carboxylic acids is 1. The molecule has 0 fully saturated rings. The van der Waals surface area contributed by atoms with Gasteiger partial charge in [-0.1, -0.05) is 180 Å². The van der Waals surface area contributed by atoms with E-state index in [4.69, 9.17) is 0 Å². The average molecular weight is 471 g/mol. The Bertz CT molecular complexity index is 865. The molecule has 0 amide bonds. The first-order valence-electron chi connectivity index (χ1n) is 12.2. The van der Waals surface area contributed by atoms with Gasteiger partial charge in [-0.3, -0.25) is 4.79 Å². The maximum Gasteiger partial charge on any atom is 0.193 e. The van der Waals surface area contributed by atoms with E-state index in [0.717, 1.165) is 11.1 Å². The number of benzene rings is 4. The van der Waals surface area contributed by atoms with Gasteiger partial charge in [0.2, 0.25) is 0 Å². The monoisotopic (exact) mass is 470 g/mol. The van der Waals surface area contributed by atoms with Crippen LogP contribution in [0.2, 0.25) is 0 Å². The average Bonchev–Trinajstić information content (AvgIpc) is 2.87. The highest BCUT2D eigenvalue weighted by Gasteiger charge is 2.06. The molecular weight excluding hydrogens is 424 g/mol. The largest absolute Gasteiger partial charge is 0.289 e. The Hall–Kier alpha value is -3.45. The second-order valence-corrected chi connectivity index (χ2v) is 7.78. The topological polar surface area (TPSA) is 17.1 Å². The van der Waals surface area contributed by atoms with Crippen LogP contribution >= 0.6 is 0 Å². The number of rotatable bonds is 2. The fourth-order valence-electron chi connectivity index (χ4n) is 2.41. The van der Waals surface area contributed by atoms with Crippen LogP contribution in [-0.2, 0) is 0 Å². The quantitative estimate of drug-likeness (QED) is 0.266. The van der Waals surface area contributed by atoms with Crippen LogP contribution in [0, 0.1) is 13.8 Å². The minimum absolute atomic E-state index is 0. The summed E-state index contributed by atoms with van der Waals surface area (Å²) in [5.74, 6) is 0.0752. The maximum absolute atomic E-state index is 11.8. The van der Waals surface area contributed by atoms with Crippen molar-refractivity contribution in [3.05, 3.63) is 144 Å². The van der Waals surface area contributed by atoms with Gasteiger partial charge in [-0.25, -0.2) is 0 Å². The van der Waals surface area contributed by atoms with Crippen molar-refractivity contribution < 1.29 is 4.79 Å². The van der Waals surface area contributed by atoms with Crippen molar-refractivity contribution in [1.82, 2.24) is 0 Å². The fraction of sp³-hybridized carbons (Fsp3) is 0.265. The molecule has 0 saturated carbocycles. The van der Waals surface area contributed by atoms with E-state index in [1.165, 1.54) is 24.0 Å². The number of hydrogen-bond donors (Lipinski definition) is 0. The van der Waals surface area contributed by atoms with E-state index in [1.54, 1.807) is 0 Å². The molecule has 4 rings (SSSR count). The van der Waals surface area contributed by atoms with Crippen LogP contribution < -0.4 is 0 Å². The van der Waals surface area contributed by atoms with E-state index in [-0.39, 0.29) is 13.2 Å². The second kappa shape index (κ2) is 23.7. The van der Waals surface area contributed by atoms with E-state index in [9.17, 15) is 4.79 Å². The van der Waals surface area contributed by atoms with Crippen LogP contribution in [0.4, 0.5) is 0 Å². The van der Waals surface area contributed by atoms with E-state index in [1.807, 2.05) is 97.1 Å². The predicted molar refractivity (Wildman–Crippen MR) is 157 cm³/mol. The van der Waals surface area contributed by atoms with Crippen molar-refractivity contribution in [2.45, 2.75) is 61.8 Å². The Labute approximate surface area is 215 Å². The summed E-state index contributed by atoms with van der Waals surface area (Å²) >= 11 is 0. The van der Waals surface area contributed by atoms with E-state index in [0.29, 0.717) is 0 Å². The molecule has 0 aliphatic heterocycles. The number of carbonyl (C=O) groups is 1. The molecule has 188 valence electrons. The molecule has 0 bridgehead atoms. The first-order valence-corrected chi connectivity index (χ1v) is 12.2. The summed E-state index contributed by atoms with van der Waals surface area (Å²) in [6.07, 6.45) is 2.50. The third kappa shape index (κ3) is 18.6. The molecular formula is C34H46O. The molecule has 0 aliphatic carbocycles. The van der Waals surface area contributed by atoms with Crippen LogP contribution in [0.3, 0.4) is 0 Å². The molecule has 4 aromatic rings. The summed E-state index contributed by atoms with van der Waals surface area (Å²) in [6, 6.07) is 39.1. The van der Waals surface area contributed by atoms with Gasteiger partial charge in [0.25, 0.3) is 0 Å². The Morgan fingerprint density at radius 1 is 0.457 bits per heavy atom. The summed E-state index contributed by atoms with van der Waals surface area (Å²) < 4.78 is 0. The van der Waals surface area contributed by atoms with Crippen molar-refractivity contribution in [3.8, 4) is 0 Å². The zero-order chi connectivity index (χ0) is 25.4. The molecule has 1 heteroatoms. The lowest BCUT2D eigenvalue weighted by atomic mass is 10.0. The summed E-state index contributed by atoms with van der Waals surface area (Å²) in [5, 5.41) is 0. The highest BCUT2D eigenvalue weighted by Crippen LogP contribution is 2.08. The molecule has 4 aromatic carbocycles. The summed E-state index contributed by atoms with van der Waals surface area (Å²) in [7, 11) is 0. The molecule has 0 saturated heterocycles. The molecule has 0 heterocycles. The van der Waals surface area contributed by atoms with Gasteiger partial charge in [0, 0.05) is 11.1 Å². The van der Waals surface area contributed by atoms with Gasteiger partial charge in [-0.2, -0.15) is 0 Å². The molecule has 1 nitrogen and oxygen atoms in total. The van der Waals surface area contributed by atoms with Crippen LogP contribution in [0.5, 0.6) is 0 Å². The van der Waals surface area contributed by atoms with E-state index >= 15 is 0 Å². The smallest absolute Gasteiger partial charge is 0.193 e. The van der Waals surface area contributed by atoms with Crippen LogP contribution in [0.25, 0.3) is 0 Å². The van der Waals surface area contributed by atoms with Crippen molar-refractivity contribution in [3.63, 3.8) is 0 Å². The van der Waals surface area contributed by atoms with Crippen molar-refractivity contribution in [2.24, 2.45) is 0 Å². The minimum atomic E-state index is 0. The van der Waals surface area contributed by atoms with Crippen LogP contribution in [0.15, 0.2) is 121 Å². The lowest BCUT2D eigenvalue weighted by Gasteiger charge is -1.99. The lowest BCUT2D eigenvalue weighted by molar-refractivity contribution is 0.103. The lowest BCUT2D eigenvalue weighted by Crippen LogP contribution is -1.99. The number of aryl methyl sites for hydroxylation is 2. The third-order valence-corrected chi connectivity index (χ3v) is 3.95. The Morgan fingerprint density at radius 3 is 0.829 bits per heavy atom. The second-order valence-electron chi connectivity index (χ2n) is 7.78. The van der Waals surface area contributed by atoms with E-state index in [2.05, 4.69) is 65.8 Å². The Kier molecular flexibility index (Phi) is 22.8. The van der Waals surface area contributed by atoms with Crippen molar-refractivity contribution in [2.75, 3.05) is 0 Å². The van der Waals surface area contributed by atoms with Gasteiger partial charge in [0.05, 0.1) is 0 Å². The van der Waals surface area contributed by atoms with Crippen molar-refractivity contribution in [1.29, 1.82) is 0 Å². The molecule has 0 N–H and O–H groups in total. The summed E-state index contributed by atoms with van der Waals surface area (Å²) in [5.41, 5.74) is 4.11. The standard InChI is InChI=1S/C13H10O.2C7H8.2C3H8.CH4/c14-13(11-7-3-1-4-8-11)12-9-5-2-6-10-12;2*1-7-5-3-2-4-6-7;2*1-3-2;/h1-10H;2*2-6H,1H3;2*3H2,1-2H3;1H4. The van der Waals surface area contributed by atoms with Gasteiger partial charge in [-0.05, 0) is 13.8 Å². The van der Waals surface area contributed by atoms with Crippen LogP contribution in [-0.4, -0.2) is 5.78 Å². The maximum atomic E-state index is 11.8. The molecule has 0 spiro atoms. The minimum Gasteiger partial charge on any atom is -0.289 e. The number of hydrogen-bond acceptors (Lipinski definition) is 1. The highest BCUT2D eigenvalue weighted by molar-refractivity contribution is 6.08. The zero-order valence-corrected chi connectivity index (χ0v) is 21.9. The van der Waals surface area contributed by atoms with Gasteiger partial charge < -0.3 is 0 Å². The number of ketones is 1. The Balaban J connectivity index is 0. The first kappa shape index (κ1) is 33.7. The van der Waals surface area contributed by atoms with Gasteiger partial charge in [0.1, 0.15) is 0 Å². The third-order valence-electron chi connectivity index (χ3n) is 3.95.